The van der Waals surface area contributed by atoms with Crippen LogP contribution in [0.15, 0.2) is 48.5 Å². The number of ether oxygens (including phenoxy) is 1. The number of carbonyl (C=O) groups is 1. The SMILES string of the molecule is CCCCCCCCCCCCCCCCCCn1c(C2CC(=O)N(c3ccc(OC)cc3)C2)nc2ccccc21. The third-order valence-corrected chi connectivity index (χ3v) is 8.79. The monoisotopic (exact) mass is 559 g/mol. The van der Waals surface area contributed by atoms with Gasteiger partial charge in [0.2, 0.25) is 5.91 Å². The molecule has 3 aromatic rings. The molecule has 1 aliphatic heterocycles. The van der Waals surface area contributed by atoms with E-state index in [9.17, 15) is 4.79 Å². The predicted molar refractivity (Wildman–Crippen MR) is 172 cm³/mol. The zero-order chi connectivity index (χ0) is 28.7. The van der Waals surface area contributed by atoms with Gasteiger partial charge in [-0.1, -0.05) is 115 Å². The van der Waals surface area contributed by atoms with Crippen molar-refractivity contribution in [3.05, 3.63) is 54.4 Å². The standard InChI is InChI=1S/C36H53N3O2/c1-3-4-5-6-7-8-9-10-11-12-13-14-15-16-17-20-27-38-34-22-19-18-21-33(34)37-36(38)30-28-35(40)39(29-30)31-23-25-32(41-2)26-24-31/h18-19,21-26,30H,3-17,20,27-29H2,1-2H3. The largest absolute Gasteiger partial charge is 0.497 e. The highest BCUT2D eigenvalue weighted by Gasteiger charge is 2.34. The first-order chi connectivity index (χ1) is 20.2. The van der Waals surface area contributed by atoms with E-state index in [1.54, 1.807) is 7.11 Å². The van der Waals surface area contributed by atoms with E-state index in [4.69, 9.17) is 9.72 Å². The number of unbranched alkanes of at least 4 members (excludes halogenated alkanes) is 15. The summed E-state index contributed by atoms with van der Waals surface area (Å²) in [6.45, 7) is 3.94. The number of benzene rings is 2. The molecule has 0 radical (unpaired) electrons. The highest BCUT2D eigenvalue weighted by molar-refractivity contribution is 5.96. The molecule has 1 amide bonds. The molecule has 0 spiro atoms. The number of aromatic nitrogens is 2. The van der Waals surface area contributed by atoms with Gasteiger partial charge in [0.15, 0.2) is 0 Å². The van der Waals surface area contributed by atoms with E-state index < -0.39 is 0 Å². The summed E-state index contributed by atoms with van der Waals surface area (Å²) < 4.78 is 7.69. The fourth-order valence-corrected chi connectivity index (χ4v) is 6.35. The van der Waals surface area contributed by atoms with Gasteiger partial charge in [-0.3, -0.25) is 4.79 Å². The first kappa shape index (κ1) is 31.1. The van der Waals surface area contributed by atoms with Gasteiger partial charge in [-0.15, -0.1) is 0 Å². The van der Waals surface area contributed by atoms with Crippen LogP contribution in [-0.4, -0.2) is 29.1 Å². The van der Waals surface area contributed by atoms with Gasteiger partial charge >= 0.3 is 0 Å². The minimum atomic E-state index is 0.109. The molecule has 2 heterocycles. The van der Waals surface area contributed by atoms with E-state index in [2.05, 4.69) is 35.8 Å². The molecule has 5 nitrogen and oxygen atoms in total. The van der Waals surface area contributed by atoms with E-state index in [0.29, 0.717) is 13.0 Å². The molecule has 1 aromatic heterocycles. The van der Waals surface area contributed by atoms with Gasteiger partial charge in [0.05, 0.1) is 18.1 Å². The molecule has 5 heteroatoms. The summed E-state index contributed by atoms with van der Waals surface area (Å²) in [6.07, 6.45) is 22.6. The average molecular weight is 560 g/mol. The quantitative estimate of drug-likeness (QED) is 0.129. The number of carbonyl (C=O) groups excluding carboxylic acids is 1. The molecule has 1 fully saturated rings. The first-order valence-corrected chi connectivity index (χ1v) is 16.6. The Morgan fingerprint density at radius 1 is 0.756 bits per heavy atom. The molecule has 0 saturated carbocycles. The van der Waals surface area contributed by atoms with Crippen LogP contribution in [0.4, 0.5) is 5.69 Å². The highest BCUT2D eigenvalue weighted by Crippen LogP contribution is 2.34. The average Bonchev–Trinajstić information content (AvgIpc) is 3.57. The van der Waals surface area contributed by atoms with Crippen molar-refractivity contribution in [1.29, 1.82) is 0 Å². The maximum atomic E-state index is 13.0. The third-order valence-electron chi connectivity index (χ3n) is 8.79. The van der Waals surface area contributed by atoms with Crippen molar-refractivity contribution in [3.63, 3.8) is 0 Å². The third kappa shape index (κ3) is 9.34. The van der Waals surface area contributed by atoms with Gasteiger partial charge in [-0.05, 0) is 42.8 Å². The van der Waals surface area contributed by atoms with Gasteiger partial charge in [0.25, 0.3) is 0 Å². The smallest absolute Gasteiger partial charge is 0.227 e. The van der Waals surface area contributed by atoms with Crippen LogP contribution in [0.25, 0.3) is 11.0 Å². The molecule has 1 unspecified atom stereocenters. The number of imidazole rings is 1. The normalized spacial score (nSPS) is 15.3. The van der Waals surface area contributed by atoms with Crippen LogP contribution in [0.3, 0.4) is 0 Å². The summed E-state index contributed by atoms with van der Waals surface area (Å²) in [4.78, 5) is 20.0. The number of fused-ring (bicyclic) bond motifs is 1. The van der Waals surface area contributed by atoms with Crippen LogP contribution in [0.5, 0.6) is 5.75 Å². The maximum absolute atomic E-state index is 13.0. The molecule has 0 aliphatic carbocycles. The van der Waals surface area contributed by atoms with Crippen molar-refractivity contribution in [3.8, 4) is 5.75 Å². The Morgan fingerprint density at radius 3 is 1.90 bits per heavy atom. The molecular formula is C36H53N3O2. The molecule has 0 N–H and O–H groups in total. The Balaban J connectivity index is 1.17. The number of hydrogen-bond donors (Lipinski definition) is 0. The lowest BCUT2D eigenvalue weighted by Gasteiger charge is -2.18. The summed E-state index contributed by atoms with van der Waals surface area (Å²) in [7, 11) is 1.66. The van der Waals surface area contributed by atoms with Gasteiger partial charge in [0.1, 0.15) is 11.6 Å². The van der Waals surface area contributed by atoms with Crippen LogP contribution in [0.2, 0.25) is 0 Å². The van der Waals surface area contributed by atoms with Crippen molar-refractivity contribution < 1.29 is 9.53 Å². The van der Waals surface area contributed by atoms with Crippen molar-refractivity contribution >= 4 is 22.6 Å². The number of aryl methyl sites for hydroxylation is 1. The van der Waals surface area contributed by atoms with Gasteiger partial charge in [0, 0.05) is 31.1 Å². The summed E-state index contributed by atoms with van der Waals surface area (Å²) in [5.74, 6) is 2.15. The van der Waals surface area contributed by atoms with Gasteiger partial charge in [-0.25, -0.2) is 4.98 Å². The number of nitrogens with zero attached hydrogens (tertiary/aromatic N) is 3. The second-order valence-electron chi connectivity index (χ2n) is 12.0. The number of rotatable bonds is 20. The number of methoxy groups -OCH3 is 1. The van der Waals surface area contributed by atoms with Crippen molar-refractivity contribution in [2.45, 2.75) is 129 Å². The Hall–Kier alpha value is -2.82. The molecule has 4 rings (SSSR count). The first-order valence-electron chi connectivity index (χ1n) is 16.6. The molecule has 1 atom stereocenters. The number of amides is 1. The molecule has 41 heavy (non-hydrogen) atoms. The topological polar surface area (TPSA) is 47.4 Å². The Morgan fingerprint density at radius 2 is 1.32 bits per heavy atom. The van der Waals surface area contributed by atoms with Gasteiger partial charge in [-0.2, -0.15) is 0 Å². The lowest BCUT2D eigenvalue weighted by Crippen LogP contribution is -2.24. The van der Waals surface area contributed by atoms with Crippen molar-refractivity contribution in [2.75, 3.05) is 18.6 Å². The van der Waals surface area contributed by atoms with E-state index in [-0.39, 0.29) is 11.8 Å². The zero-order valence-electron chi connectivity index (χ0n) is 25.8. The second kappa shape index (κ2) is 17.2. The molecule has 1 saturated heterocycles. The van der Waals surface area contributed by atoms with Gasteiger partial charge < -0.3 is 14.2 Å². The van der Waals surface area contributed by atoms with Crippen molar-refractivity contribution in [1.82, 2.24) is 9.55 Å². The van der Waals surface area contributed by atoms with Crippen LogP contribution in [0.1, 0.15) is 128 Å². The van der Waals surface area contributed by atoms with Crippen molar-refractivity contribution in [2.24, 2.45) is 0 Å². The minimum absolute atomic E-state index is 0.109. The predicted octanol–water partition coefficient (Wildman–Crippen LogP) is 9.83. The summed E-state index contributed by atoms with van der Waals surface area (Å²) in [6, 6.07) is 16.2. The van der Waals surface area contributed by atoms with Crippen LogP contribution < -0.4 is 9.64 Å². The fraction of sp³-hybridized carbons (Fsp3) is 0.611. The van der Waals surface area contributed by atoms with E-state index in [1.807, 2.05) is 29.2 Å². The molecular weight excluding hydrogens is 506 g/mol. The molecule has 0 bridgehead atoms. The Bertz CT molecular complexity index is 1170. The molecule has 224 valence electrons. The maximum Gasteiger partial charge on any atom is 0.227 e. The van der Waals surface area contributed by atoms with E-state index in [1.165, 1.54) is 102 Å². The molecule has 1 aliphatic rings. The molecule has 2 aromatic carbocycles. The lowest BCUT2D eigenvalue weighted by atomic mass is 10.0. The number of anilines is 1. The Kier molecular flexibility index (Phi) is 13.1. The second-order valence-corrected chi connectivity index (χ2v) is 12.0. The number of para-hydroxylation sites is 2. The minimum Gasteiger partial charge on any atom is -0.497 e. The number of hydrogen-bond acceptors (Lipinski definition) is 3. The van der Waals surface area contributed by atoms with E-state index >= 15 is 0 Å². The fourth-order valence-electron chi connectivity index (χ4n) is 6.35. The summed E-state index contributed by atoms with van der Waals surface area (Å²) in [5.41, 5.74) is 3.16. The Labute approximate surface area is 248 Å². The summed E-state index contributed by atoms with van der Waals surface area (Å²) in [5, 5.41) is 0. The van der Waals surface area contributed by atoms with Crippen LogP contribution in [0, 0.1) is 0 Å². The lowest BCUT2D eigenvalue weighted by molar-refractivity contribution is -0.117. The zero-order valence-corrected chi connectivity index (χ0v) is 25.8. The summed E-state index contributed by atoms with van der Waals surface area (Å²) >= 11 is 0. The van der Waals surface area contributed by atoms with Crippen LogP contribution in [-0.2, 0) is 11.3 Å². The highest BCUT2D eigenvalue weighted by atomic mass is 16.5. The van der Waals surface area contributed by atoms with Crippen LogP contribution >= 0.6 is 0 Å². The van der Waals surface area contributed by atoms with E-state index in [0.717, 1.165) is 35.7 Å².